The molecule has 0 fully saturated rings. The van der Waals surface area contributed by atoms with Crippen LogP contribution < -0.4 is 5.32 Å². The van der Waals surface area contributed by atoms with Gasteiger partial charge in [-0.3, -0.25) is 4.68 Å². The largest absolute Gasteiger partial charge is 0.309 e. The first-order chi connectivity index (χ1) is 9.15. The number of rotatable bonds is 5. The number of nitrogens with one attached hydrogen (secondary N) is 1. The third kappa shape index (κ3) is 3.01. The van der Waals surface area contributed by atoms with E-state index in [0.29, 0.717) is 5.56 Å². The first-order valence-corrected chi connectivity index (χ1v) is 6.61. The molecule has 1 aromatic carbocycles. The summed E-state index contributed by atoms with van der Waals surface area (Å²) in [6.07, 6.45) is 4.81. The molecule has 2 aromatic rings. The molecule has 1 aromatic heterocycles. The van der Waals surface area contributed by atoms with Crippen LogP contribution in [0.1, 0.15) is 36.1 Å². The van der Waals surface area contributed by atoms with Gasteiger partial charge in [0.1, 0.15) is 5.82 Å². The zero-order chi connectivity index (χ0) is 13.8. The minimum Gasteiger partial charge on any atom is -0.309 e. The fraction of sp³-hybridized carbons (Fsp3) is 0.400. The van der Waals surface area contributed by atoms with Crippen molar-refractivity contribution in [1.29, 1.82) is 0 Å². The van der Waals surface area contributed by atoms with Gasteiger partial charge in [0, 0.05) is 23.9 Å². The van der Waals surface area contributed by atoms with Crippen LogP contribution in [-0.2, 0) is 6.54 Å². The number of aromatic nitrogens is 2. The van der Waals surface area contributed by atoms with Gasteiger partial charge in [0.25, 0.3) is 0 Å². The number of nitrogens with zero attached hydrogens (tertiary/aromatic N) is 2. The van der Waals surface area contributed by atoms with E-state index in [9.17, 15) is 4.39 Å². The fourth-order valence-electron chi connectivity index (χ4n) is 2.27. The topological polar surface area (TPSA) is 29.9 Å². The highest BCUT2D eigenvalue weighted by Gasteiger charge is 2.17. The lowest BCUT2D eigenvalue weighted by atomic mass is 9.99. The van der Waals surface area contributed by atoms with Crippen LogP contribution in [0.15, 0.2) is 30.6 Å². The second kappa shape index (κ2) is 5.97. The van der Waals surface area contributed by atoms with Crippen molar-refractivity contribution in [3.8, 4) is 0 Å². The minimum absolute atomic E-state index is 0.162. The number of benzene rings is 1. The molecule has 4 heteroatoms. The summed E-state index contributed by atoms with van der Waals surface area (Å²) >= 11 is 0. The predicted molar refractivity (Wildman–Crippen MR) is 74.6 cm³/mol. The first-order valence-electron chi connectivity index (χ1n) is 6.61. The van der Waals surface area contributed by atoms with Gasteiger partial charge in [0.2, 0.25) is 0 Å². The summed E-state index contributed by atoms with van der Waals surface area (Å²) in [6, 6.07) is 5.02. The molecule has 0 spiro atoms. The third-order valence-corrected chi connectivity index (χ3v) is 3.19. The number of halogens is 1. The Labute approximate surface area is 113 Å². The molecule has 0 saturated heterocycles. The molecule has 0 amide bonds. The maximum atomic E-state index is 14.0. The molecular weight excluding hydrogens is 241 g/mol. The molecule has 1 atom stereocenters. The molecule has 1 N–H and O–H groups in total. The van der Waals surface area contributed by atoms with Crippen LogP contribution in [0.5, 0.6) is 0 Å². The van der Waals surface area contributed by atoms with E-state index in [-0.39, 0.29) is 11.9 Å². The first kappa shape index (κ1) is 13.7. The van der Waals surface area contributed by atoms with Gasteiger partial charge in [0.15, 0.2) is 0 Å². The molecule has 102 valence electrons. The standard InChI is InChI=1S/C15H20FN3/c1-4-7-19-10-12(9-18-19)15(17-3)13-8-11(2)5-6-14(13)16/h5-6,8-10,15,17H,4,7H2,1-3H3. The van der Waals surface area contributed by atoms with Crippen LogP contribution in [0.4, 0.5) is 4.39 Å². The number of hydrogen-bond acceptors (Lipinski definition) is 2. The quantitative estimate of drug-likeness (QED) is 0.896. The summed E-state index contributed by atoms with van der Waals surface area (Å²) in [5.74, 6) is -0.187. The maximum absolute atomic E-state index is 14.0. The number of aryl methyl sites for hydroxylation is 2. The number of hydrogen-bond donors (Lipinski definition) is 1. The summed E-state index contributed by atoms with van der Waals surface area (Å²) in [5.41, 5.74) is 2.71. The Balaban J connectivity index is 2.35. The van der Waals surface area contributed by atoms with Crippen molar-refractivity contribution in [2.24, 2.45) is 0 Å². The molecule has 1 heterocycles. The molecule has 1 unspecified atom stereocenters. The smallest absolute Gasteiger partial charge is 0.128 e. The third-order valence-electron chi connectivity index (χ3n) is 3.19. The van der Waals surface area contributed by atoms with Crippen LogP contribution in [0, 0.1) is 12.7 Å². The van der Waals surface area contributed by atoms with Gasteiger partial charge in [-0.25, -0.2) is 4.39 Å². The maximum Gasteiger partial charge on any atom is 0.128 e. The van der Waals surface area contributed by atoms with Gasteiger partial charge >= 0.3 is 0 Å². The SMILES string of the molecule is CCCn1cc(C(NC)c2cc(C)ccc2F)cn1. The molecule has 3 nitrogen and oxygen atoms in total. The van der Waals surface area contributed by atoms with Crippen molar-refractivity contribution in [3.63, 3.8) is 0 Å². The van der Waals surface area contributed by atoms with Crippen molar-refractivity contribution in [2.45, 2.75) is 32.9 Å². The van der Waals surface area contributed by atoms with Crippen molar-refractivity contribution in [3.05, 3.63) is 53.1 Å². The molecule has 0 aliphatic carbocycles. The Bertz CT molecular complexity index is 548. The monoisotopic (exact) mass is 261 g/mol. The Kier molecular flexibility index (Phi) is 4.32. The van der Waals surface area contributed by atoms with E-state index in [0.717, 1.165) is 24.1 Å². The van der Waals surface area contributed by atoms with Crippen molar-refractivity contribution in [1.82, 2.24) is 15.1 Å². The summed E-state index contributed by atoms with van der Waals surface area (Å²) in [5, 5.41) is 7.47. The fourth-order valence-corrected chi connectivity index (χ4v) is 2.27. The highest BCUT2D eigenvalue weighted by Crippen LogP contribution is 2.24. The molecule has 0 radical (unpaired) electrons. The zero-order valence-electron chi connectivity index (χ0n) is 11.7. The highest BCUT2D eigenvalue weighted by atomic mass is 19.1. The van der Waals surface area contributed by atoms with Gasteiger partial charge < -0.3 is 5.32 Å². The summed E-state index contributed by atoms with van der Waals surface area (Å²) in [7, 11) is 1.84. The van der Waals surface area contributed by atoms with Crippen LogP contribution in [0.2, 0.25) is 0 Å². The van der Waals surface area contributed by atoms with Crippen LogP contribution in [0.25, 0.3) is 0 Å². The van der Waals surface area contributed by atoms with Gasteiger partial charge in [-0.1, -0.05) is 24.6 Å². The van der Waals surface area contributed by atoms with Gasteiger partial charge in [-0.2, -0.15) is 5.10 Å². The van der Waals surface area contributed by atoms with Gasteiger partial charge in [0.05, 0.1) is 12.2 Å². The lowest BCUT2D eigenvalue weighted by Crippen LogP contribution is -2.18. The van der Waals surface area contributed by atoms with Gasteiger partial charge in [-0.15, -0.1) is 0 Å². The summed E-state index contributed by atoms with van der Waals surface area (Å²) < 4.78 is 15.9. The Morgan fingerprint density at radius 1 is 1.42 bits per heavy atom. The van der Waals surface area contributed by atoms with E-state index in [4.69, 9.17) is 0 Å². The molecule has 0 aliphatic rings. The minimum atomic E-state index is -0.187. The van der Waals surface area contributed by atoms with E-state index in [1.165, 1.54) is 6.07 Å². The summed E-state index contributed by atoms with van der Waals surface area (Å²) in [6.45, 7) is 4.96. The molecule has 0 saturated carbocycles. The van der Waals surface area contributed by atoms with Crippen LogP contribution in [0.3, 0.4) is 0 Å². The predicted octanol–water partition coefficient (Wildman–Crippen LogP) is 3.05. The molecule has 0 bridgehead atoms. The van der Waals surface area contributed by atoms with E-state index in [2.05, 4.69) is 17.3 Å². The Morgan fingerprint density at radius 3 is 2.89 bits per heavy atom. The normalized spacial score (nSPS) is 12.6. The lowest BCUT2D eigenvalue weighted by molar-refractivity contribution is 0.573. The molecule has 19 heavy (non-hydrogen) atoms. The van der Waals surface area contributed by atoms with E-state index >= 15 is 0 Å². The molecule has 2 rings (SSSR count). The highest BCUT2D eigenvalue weighted by molar-refractivity contribution is 5.33. The van der Waals surface area contributed by atoms with Crippen molar-refractivity contribution in [2.75, 3.05) is 7.05 Å². The molecular formula is C15H20FN3. The second-order valence-electron chi connectivity index (χ2n) is 4.78. The lowest BCUT2D eigenvalue weighted by Gasteiger charge is -2.16. The Hall–Kier alpha value is -1.68. The van der Waals surface area contributed by atoms with Crippen molar-refractivity contribution < 1.29 is 4.39 Å². The van der Waals surface area contributed by atoms with Crippen LogP contribution >= 0.6 is 0 Å². The van der Waals surface area contributed by atoms with Crippen molar-refractivity contribution >= 4 is 0 Å². The van der Waals surface area contributed by atoms with E-state index in [1.54, 1.807) is 12.3 Å². The van der Waals surface area contributed by atoms with E-state index in [1.807, 2.05) is 30.9 Å². The summed E-state index contributed by atoms with van der Waals surface area (Å²) in [4.78, 5) is 0. The average Bonchev–Trinajstić information content (AvgIpc) is 2.83. The van der Waals surface area contributed by atoms with E-state index < -0.39 is 0 Å². The van der Waals surface area contributed by atoms with Gasteiger partial charge in [-0.05, 0) is 26.5 Å². The zero-order valence-corrected chi connectivity index (χ0v) is 11.7. The molecule has 0 aliphatic heterocycles. The van der Waals surface area contributed by atoms with Crippen LogP contribution in [-0.4, -0.2) is 16.8 Å². The second-order valence-corrected chi connectivity index (χ2v) is 4.78. The average molecular weight is 261 g/mol. The Morgan fingerprint density at radius 2 is 2.21 bits per heavy atom.